The van der Waals surface area contributed by atoms with E-state index in [4.69, 9.17) is 14.4 Å². The predicted octanol–water partition coefficient (Wildman–Crippen LogP) is -0.469. The number of esters is 1. The van der Waals surface area contributed by atoms with Crippen molar-refractivity contribution in [2.45, 2.75) is 108 Å². The number of allylic oxidation sites excluding steroid dienone is 2. The van der Waals surface area contributed by atoms with E-state index in [9.17, 15) is 18.0 Å². The molecule has 0 rings (SSSR count). The van der Waals surface area contributed by atoms with Gasteiger partial charge in [-0.2, -0.15) is 8.42 Å². The third kappa shape index (κ3) is 23.7. The largest absolute Gasteiger partial charge is 1.00 e. The second-order valence-electron chi connectivity index (χ2n) is 7.71. The summed E-state index contributed by atoms with van der Waals surface area (Å²) in [7, 11) is -4.79. The van der Waals surface area contributed by atoms with Crippen LogP contribution in [0.2, 0.25) is 0 Å². The molecule has 0 heterocycles. The van der Waals surface area contributed by atoms with Crippen molar-refractivity contribution in [1.29, 1.82) is 0 Å². The predicted molar refractivity (Wildman–Crippen MR) is 120 cm³/mol. The molecule has 0 bridgehead atoms. The minimum atomic E-state index is -4.79. The summed E-state index contributed by atoms with van der Waals surface area (Å²) < 4.78 is 35.9. The van der Waals surface area contributed by atoms with Crippen LogP contribution in [0.1, 0.15) is 106 Å². The Morgan fingerprint density at radius 3 is 1.72 bits per heavy atom. The third-order valence-electron chi connectivity index (χ3n) is 4.88. The molecule has 0 fully saturated rings. The molecule has 180 valence electrons. The molecule has 32 heavy (non-hydrogen) atoms. The maximum absolute atomic E-state index is 11.7. The molecule has 2 N–H and O–H groups in total. The number of unbranched alkanes of at least 4 members (excludes halogenated alkanes) is 12. The Bertz CT molecular complexity index is 606. The smallest absolute Gasteiger partial charge is 1.00 e. The van der Waals surface area contributed by atoms with Crippen molar-refractivity contribution in [1.82, 2.24) is 0 Å². The fourth-order valence-electron chi connectivity index (χ4n) is 3.08. The number of rotatable bonds is 20. The minimum Gasteiger partial charge on any atom is -1.00 e. The van der Waals surface area contributed by atoms with E-state index in [1.807, 2.05) is 0 Å². The molecule has 0 saturated carbocycles. The average Bonchev–Trinajstić information content (AvgIpc) is 2.67. The summed E-state index contributed by atoms with van der Waals surface area (Å²) in [6, 6.07) is 0. The maximum atomic E-state index is 11.7. The van der Waals surface area contributed by atoms with Crippen LogP contribution < -0.4 is 59.1 Å². The van der Waals surface area contributed by atoms with Crippen LogP contribution in [0.15, 0.2) is 12.2 Å². The van der Waals surface area contributed by atoms with Crippen molar-refractivity contribution >= 4 is 22.1 Å². The molecule has 1 unspecified atom stereocenters. The summed E-state index contributed by atoms with van der Waals surface area (Å²) in [5, 5.41) is 6.56. The minimum absolute atomic E-state index is 0. The zero-order valence-electron chi connectivity index (χ0n) is 22.4. The Morgan fingerprint density at radius 2 is 1.28 bits per heavy atom. The van der Waals surface area contributed by atoms with Gasteiger partial charge in [0, 0.05) is 0 Å². The maximum Gasteiger partial charge on any atom is 1.00 e. The Kier molecular flexibility index (Phi) is 28.7. The first kappa shape index (κ1) is 37.1. The Balaban J connectivity index is -0.000000701. The molecular weight excluding hydrogens is 454 g/mol. The molecule has 0 amide bonds. The van der Waals surface area contributed by atoms with E-state index >= 15 is 0 Å². The van der Waals surface area contributed by atoms with Gasteiger partial charge in [-0.15, -0.1) is 0 Å². The fraction of sp³-hybridized carbons (Fsp3) is 0.818. The van der Waals surface area contributed by atoms with Crippen molar-refractivity contribution < 1.29 is 94.4 Å². The van der Waals surface area contributed by atoms with Gasteiger partial charge in [0.2, 0.25) is 0 Å². The summed E-state index contributed by atoms with van der Waals surface area (Å²) in [5.41, 5.74) is 0. The Labute approximate surface area is 241 Å². The zero-order valence-corrected chi connectivity index (χ0v) is 25.2. The average molecular weight is 497 g/mol. The summed E-state index contributed by atoms with van der Waals surface area (Å²) in [4.78, 5) is 22.3. The number of aliphatic carboxylic acids is 1. The van der Waals surface area contributed by atoms with Gasteiger partial charge in [-0.1, -0.05) is 76.9 Å². The van der Waals surface area contributed by atoms with E-state index in [2.05, 4.69) is 19.1 Å². The van der Waals surface area contributed by atoms with E-state index in [-0.39, 0.29) is 68.6 Å². The Hall–Kier alpha value is 0.590. The fourth-order valence-corrected chi connectivity index (χ4v) is 3.75. The molecule has 0 saturated heterocycles. The van der Waals surface area contributed by atoms with Gasteiger partial charge < -0.3 is 12.7 Å². The number of ether oxygens (including phenoxy) is 1. The topological polar surface area (TPSA) is 118 Å². The number of hydrogen-bond acceptors (Lipinski definition) is 5. The van der Waals surface area contributed by atoms with Crippen molar-refractivity contribution in [3.05, 3.63) is 12.2 Å². The van der Waals surface area contributed by atoms with Gasteiger partial charge in [0.1, 0.15) is 0 Å². The van der Waals surface area contributed by atoms with E-state index in [0.717, 1.165) is 38.5 Å². The number of carboxylic acids is 1. The molecule has 0 aliphatic rings. The van der Waals surface area contributed by atoms with E-state index in [1.54, 1.807) is 0 Å². The standard InChI is InChI=1S/C22H40O7S.2Na.2H/c1-2-3-4-5-6-7-8-9-10-11-12-13-14-15-16-17-18-29-22(25)20(19-21(23)24)30(26,27)28;;;;/h9-10,20H,2-8,11-19H2,1H3,(H,23,24)(H,26,27,28);;;;/q;2*+1;2*-1/b10-9-;;;;. The molecule has 0 aliphatic carbocycles. The van der Waals surface area contributed by atoms with Crippen LogP contribution in [0.5, 0.6) is 0 Å². The number of carboxylic acid groups (broad SMARTS) is 1. The SMILES string of the molecule is CCCCCCCC/C=C\CCCCCCCCOC(=O)C(CC(=O)O)S(=O)(=O)O.[H-].[H-].[Na+].[Na+]. The third-order valence-corrected chi connectivity index (χ3v) is 5.96. The van der Waals surface area contributed by atoms with Gasteiger partial charge in [0.25, 0.3) is 10.1 Å². The van der Waals surface area contributed by atoms with Crippen LogP contribution in [0.4, 0.5) is 0 Å². The van der Waals surface area contributed by atoms with Gasteiger partial charge in [0.15, 0.2) is 5.25 Å². The zero-order chi connectivity index (χ0) is 22.7. The molecule has 0 aromatic carbocycles. The second-order valence-corrected chi connectivity index (χ2v) is 9.31. The quantitative estimate of drug-likeness (QED) is 0.0769. The Morgan fingerprint density at radius 1 is 0.844 bits per heavy atom. The van der Waals surface area contributed by atoms with Crippen LogP contribution in [-0.2, 0) is 24.4 Å². The first-order valence-electron chi connectivity index (χ1n) is 11.3. The molecule has 0 aliphatic heterocycles. The normalized spacial score (nSPS) is 12.1. The van der Waals surface area contributed by atoms with Crippen LogP contribution in [-0.4, -0.2) is 41.9 Å². The molecule has 1 atom stereocenters. The molecule has 0 spiro atoms. The van der Waals surface area contributed by atoms with Crippen molar-refractivity contribution in [3.63, 3.8) is 0 Å². The second kappa shape index (κ2) is 24.7. The van der Waals surface area contributed by atoms with Crippen molar-refractivity contribution in [2.75, 3.05) is 6.61 Å². The van der Waals surface area contributed by atoms with Crippen molar-refractivity contribution in [2.24, 2.45) is 0 Å². The molecule has 0 radical (unpaired) electrons. The number of hydrogen-bond donors (Lipinski definition) is 2. The molecule has 7 nitrogen and oxygen atoms in total. The van der Waals surface area contributed by atoms with Gasteiger partial charge in [-0.05, 0) is 32.1 Å². The van der Waals surface area contributed by atoms with Gasteiger partial charge in [0.05, 0.1) is 13.0 Å². The monoisotopic (exact) mass is 496 g/mol. The van der Waals surface area contributed by atoms with Crippen LogP contribution in [0.25, 0.3) is 0 Å². The van der Waals surface area contributed by atoms with Gasteiger partial charge in [-0.3, -0.25) is 14.1 Å². The molecule has 0 aromatic rings. The number of carbonyl (C=O) groups excluding carboxylic acids is 1. The van der Waals surface area contributed by atoms with Crippen LogP contribution >= 0.6 is 0 Å². The first-order valence-corrected chi connectivity index (χ1v) is 12.8. The van der Waals surface area contributed by atoms with Crippen molar-refractivity contribution in [3.8, 4) is 0 Å². The summed E-state index contributed by atoms with van der Waals surface area (Å²) in [5.74, 6) is -2.71. The van der Waals surface area contributed by atoms with Crippen LogP contribution in [0.3, 0.4) is 0 Å². The van der Waals surface area contributed by atoms with Gasteiger partial charge in [-0.25, -0.2) is 0 Å². The molecular formula is C22H42Na2O7S. The summed E-state index contributed by atoms with van der Waals surface area (Å²) in [6.07, 6.45) is 19.6. The van der Waals surface area contributed by atoms with Gasteiger partial charge >= 0.3 is 71.1 Å². The van der Waals surface area contributed by atoms with E-state index in [1.165, 1.54) is 44.9 Å². The van der Waals surface area contributed by atoms with E-state index < -0.39 is 33.7 Å². The first-order chi connectivity index (χ1) is 14.3. The molecule has 10 heteroatoms. The summed E-state index contributed by atoms with van der Waals surface area (Å²) in [6.45, 7) is 2.25. The molecule has 0 aromatic heterocycles. The summed E-state index contributed by atoms with van der Waals surface area (Å²) >= 11 is 0. The number of carbonyl (C=O) groups is 2. The van der Waals surface area contributed by atoms with Crippen LogP contribution in [0, 0.1) is 0 Å². The van der Waals surface area contributed by atoms with E-state index in [0.29, 0.717) is 6.42 Å².